The summed E-state index contributed by atoms with van der Waals surface area (Å²) >= 11 is 0. The van der Waals surface area contributed by atoms with Crippen molar-refractivity contribution >= 4 is 0 Å². The van der Waals surface area contributed by atoms with Crippen molar-refractivity contribution in [1.82, 2.24) is 0 Å². The number of allylic oxidation sites excluding steroid dienone is 3. The molecule has 1 aliphatic rings. The third-order valence-corrected chi connectivity index (χ3v) is 2.85. The smallest absolute Gasteiger partial charge is 0.0168 e. The van der Waals surface area contributed by atoms with Crippen LogP contribution in [0.2, 0.25) is 0 Å². The molecule has 0 saturated carbocycles. The molecule has 0 aromatic heterocycles. The summed E-state index contributed by atoms with van der Waals surface area (Å²) in [6.07, 6.45) is 3.85. The zero-order chi connectivity index (χ0) is 8.43. The third kappa shape index (κ3) is 1.95. The van der Waals surface area contributed by atoms with E-state index in [1.165, 1.54) is 24.8 Å². The molecule has 0 aromatic rings. The zero-order valence-corrected chi connectivity index (χ0v) is 7.91. The molecule has 11 heavy (non-hydrogen) atoms. The Morgan fingerprint density at radius 2 is 2.00 bits per heavy atom. The first-order valence-electron chi connectivity index (χ1n) is 4.42. The topological polar surface area (TPSA) is 0 Å². The van der Waals surface area contributed by atoms with Crippen LogP contribution >= 0.6 is 0 Å². The van der Waals surface area contributed by atoms with Crippen LogP contribution in [0.4, 0.5) is 0 Å². The van der Waals surface area contributed by atoms with Crippen LogP contribution in [0.3, 0.4) is 0 Å². The summed E-state index contributed by atoms with van der Waals surface area (Å²) in [5.41, 5.74) is 4.55. The molecule has 0 N–H and O–H groups in total. The number of hydrogen-bond acceptors (Lipinski definition) is 0. The lowest BCUT2D eigenvalue weighted by molar-refractivity contribution is 0.521. The van der Waals surface area contributed by atoms with Gasteiger partial charge in [0.15, 0.2) is 0 Å². The SMILES string of the molecule is C=C(C)[C@@H]1CCC(C)=C(C)C1. The molecule has 0 spiro atoms. The average molecular weight is 150 g/mol. The number of rotatable bonds is 1. The van der Waals surface area contributed by atoms with Gasteiger partial charge >= 0.3 is 0 Å². The van der Waals surface area contributed by atoms with Gasteiger partial charge in [0.05, 0.1) is 0 Å². The van der Waals surface area contributed by atoms with Gasteiger partial charge in [-0.3, -0.25) is 0 Å². The van der Waals surface area contributed by atoms with E-state index in [0.29, 0.717) is 0 Å². The molecule has 0 unspecified atom stereocenters. The van der Waals surface area contributed by atoms with Gasteiger partial charge in [-0.25, -0.2) is 0 Å². The minimum Gasteiger partial charge on any atom is -0.0998 e. The molecule has 0 heteroatoms. The first-order chi connectivity index (χ1) is 5.11. The molecular weight excluding hydrogens is 132 g/mol. The highest BCUT2D eigenvalue weighted by molar-refractivity contribution is 5.17. The lowest BCUT2D eigenvalue weighted by Gasteiger charge is -2.24. The van der Waals surface area contributed by atoms with E-state index in [9.17, 15) is 0 Å². The van der Waals surface area contributed by atoms with E-state index < -0.39 is 0 Å². The molecule has 0 fully saturated rings. The van der Waals surface area contributed by atoms with Crippen molar-refractivity contribution in [3.05, 3.63) is 23.3 Å². The van der Waals surface area contributed by atoms with Gasteiger partial charge in [0.2, 0.25) is 0 Å². The van der Waals surface area contributed by atoms with E-state index in [1.54, 1.807) is 11.1 Å². The Balaban J connectivity index is 2.64. The largest absolute Gasteiger partial charge is 0.0998 e. The van der Waals surface area contributed by atoms with Gasteiger partial charge in [0.25, 0.3) is 0 Å². The van der Waals surface area contributed by atoms with Crippen molar-refractivity contribution < 1.29 is 0 Å². The van der Waals surface area contributed by atoms with Crippen molar-refractivity contribution in [3.8, 4) is 0 Å². The highest BCUT2D eigenvalue weighted by atomic mass is 14.2. The second-order valence-corrected chi connectivity index (χ2v) is 3.85. The molecule has 0 radical (unpaired) electrons. The van der Waals surface area contributed by atoms with Crippen molar-refractivity contribution in [3.63, 3.8) is 0 Å². The van der Waals surface area contributed by atoms with Gasteiger partial charge in [0.1, 0.15) is 0 Å². The van der Waals surface area contributed by atoms with Crippen LogP contribution in [-0.4, -0.2) is 0 Å². The van der Waals surface area contributed by atoms with Gasteiger partial charge in [-0.2, -0.15) is 0 Å². The van der Waals surface area contributed by atoms with Crippen LogP contribution < -0.4 is 0 Å². The predicted octanol–water partition coefficient (Wildman–Crippen LogP) is 3.70. The normalized spacial score (nSPS) is 25.5. The van der Waals surface area contributed by atoms with E-state index in [1.807, 2.05) is 0 Å². The van der Waals surface area contributed by atoms with Crippen LogP contribution in [0.25, 0.3) is 0 Å². The summed E-state index contributed by atoms with van der Waals surface area (Å²) in [5, 5.41) is 0. The molecule has 0 aliphatic heterocycles. The summed E-state index contributed by atoms with van der Waals surface area (Å²) in [6, 6.07) is 0. The zero-order valence-electron chi connectivity index (χ0n) is 7.91. The molecule has 1 atom stereocenters. The summed E-state index contributed by atoms with van der Waals surface area (Å²) < 4.78 is 0. The van der Waals surface area contributed by atoms with E-state index in [-0.39, 0.29) is 0 Å². The van der Waals surface area contributed by atoms with Crippen molar-refractivity contribution in [2.75, 3.05) is 0 Å². The van der Waals surface area contributed by atoms with Crippen molar-refractivity contribution in [2.45, 2.75) is 40.0 Å². The predicted molar refractivity (Wildman–Crippen MR) is 50.5 cm³/mol. The molecule has 0 nitrogen and oxygen atoms in total. The van der Waals surface area contributed by atoms with Crippen molar-refractivity contribution in [1.29, 1.82) is 0 Å². The van der Waals surface area contributed by atoms with E-state index in [2.05, 4.69) is 27.4 Å². The highest BCUT2D eigenvalue weighted by Crippen LogP contribution is 2.32. The van der Waals surface area contributed by atoms with Gasteiger partial charge in [-0.05, 0) is 46.0 Å². The highest BCUT2D eigenvalue weighted by Gasteiger charge is 2.16. The van der Waals surface area contributed by atoms with Crippen LogP contribution in [0, 0.1) is 5.92 Å². The monoisotopic (exact) mass is 150 g/mol. The second-order valence-electron chi connectivity index (χ2n) is 3.85. The Labute approximate surface area is 70.0 Å². The molecule has 0 aromatic carbocycles. The minimum absolute atomic E-state index is 0.763. The van der Waals surface area contributed by atoms with Gasteiger partial charge in [0, 0.05) is 0 Å². The van der Waals surface area contributed by atoms with Crippen LogP contribution in [0.5, 0.6) is 0 Å². The molecule has 1 aliphatic carbocycles. The Morgan fingerprint density at radius 1 is 1.36 bits per heavy atom. The quantitative estimate of drug-likeness (QED) is 0.500. The molecule has 62 valence electrons. The third-order valence-electron chi connectivity index (χ3n) is 2.85. The maximum atomic E-state index is 4.02. The summed E-state index contributed by atoms with van der Waals surface area (Å²) in [7, 11) is 0. The summed E-state index contributed by atoms with van der Waals surface area (Å²) in [6.45, 7) is 10.7. The van der Waals surface area contributed by atoms with E-state index in [0.717, 1.165) is 5.92 Å². The van der Waals surface area contributed by atoms with Gasteiger partial charge in [-0.15, -0.1) is 0 Å². The lowest BCUT2D eigenvalue weighted by Crippen LogP contribution is -2.08. The molecular formula is C11H18. The first-order valence-corrected chi connectivity index (χ1v) is 4.42. The van der Waals surface area contributed by atoms with Crippen LogP contribution in [-0.2, 0) is 0 Å². The summed E-state index contributed by atoms with van der Waals surface area (Å²) in [4.78, 5) is 0. The summed E-state index contributed by atoms with van der Waals surface area (Å²) in [5.74, 6) is 0.763. The maximum Gasteiger partial charge on any atom is -0.0168 e. The van der Waals surface area contributed by atoms with Crippen LogP contribution in [0.1, 0.15) is 40.0 Å². The Kier molecular flexibility index (Phi) is 2.53. The van der Waals surface area contributed by atoms with E-state index in [4.69, 9.17) is 0 Å². The Bertz CT molecular complexity index is 196. The van der Waals surface area contributed by atoms with Gasteiger partial charge in [-0.1, -0.05) is 23.3 Å². The first kappa shape index (κ1) is 8.58. The molecule has 0 amide bonds. The number of hydrogen-bond donors (Lipinski definition) is 0. The lowest BCUT2D eigenvalue weighted by atomic mass is 9.82. The fourth-order valence-electron chi connectivity index (χ4n) is 1.67. The molecule has 0 heterocycles. The van der Waals surface area contributed by atoms with Gasteiger partial charge < -0.3 is 0 Å². The van der Waals surface area contributed by atoms with Crippen LogP contribution in [0.15, 0.2) is 23.3 Å². The molecule has 0 saturated heterocycles. The van der Waals surface area contributed by atoms with E-state index >= 15 is 0 Å². The fourth-order valence-corrected chi connectivity index (χ4v) is 1.67. The second kappa shape index (κ2) is 3.25. The average Bonchev–Trinajstić information content (AvgIpc) is 1.94. The Morgan fingerprint density at radius 3 is 2.45 bits per heavy atom. The molecule has 1 rings (SSSR count). The fraction of sp³-hybridized carbons (Fsp3) is 0.636. The Hall–Kier alpha value is -0.520. The maximum absolute atomic E-state index is 4.02. The standard InChI is InChI=1S/C11H18/c1-8(2)11-6-5-9(3)10(4)7-11/h11H,1,5-7H2,2-4H3/t11-/m1/s1. The molecule has 0 bridgehead atoms. The minimum atomic E-state index is 0.763. The van der Waals surface area contributed by atoms with Crippen molar-refractivity contribution in [2.24, 2.45) is 5.92 Å².